The van der Waals surface area contributed by atoms with Gasteiger partial charge in [-0.1, -0.05) is 47.5 Å². The smallest absolute Gasteiger partial charge is 0.410 e. The first kappa shape index (κ1) is 26.3. The molecule has 1 fully saturated rings. The van der Waals surface area contributed by atoms with Gasteiger partial charge in [-0.25, -0.2) is 14.0 Å². The Morgan fingerprint density at radius 1 is 0.947 bits per heavy atom. The van der Waals surface area contributed by atoms with Crippen molar-refractivity contribution in [3.63, 3.8) is 0 Å². The third kappa shape index (κ3) is 5.42. The van der Waals surface area contributed by atoms with E-state index in [4.69, 9.17) is 27.9 Å². The van der Waals surface area contributed by atoms with Gasteiger partial charge in [0.05, 0.1) is 5.56 Å². The highest BCUT2D eigenvalue weighted by molar-refractivity contribution is 6.31. The second-order valence-electron chi connectivity index (χ2n) is 10.6. The zero-order valence-corrected chi connectivity index (χ0v) is 23.0. The molecule has 4 aromatic rings. The summed E-state index contributed by atoms with van der Waals surface area (Å²) in [5.41, 5.74) is 2.64. The molecule has 1 amide bonds. The van der Waals surface area contributed by atoms with Gasteiger partial charge in [0.2, 0.25) is 0 Å². The number of likely N-dealkylation sites (tertiary alicyclic amines) is 1. The van der Waals surface area contributed by atoms with Gasteiger partial charge in [0.25, 0.3) is 5.56 Å². The zero-order valence-electron chi connectivity index (χ0n) is 21.5. The Morgan fingerprint density at radius 2 is 1.50 bits per heavy atom. The van der Waals surface area contributed by atoms with Crippen LogP contribution in [0.4, 0.5) is 4.79 Å². The van der Waals surface area contributed by atoms with Crippen LogP contribution in [0.1, 0.15) is 33.6 Å². The van der Waals surface area contributed by atoms with Crippen molar-refractivity contribution in [3.8, 4) is 22.3 Å². The fourth-order valence-electron chi connectivity index (χ4n) is 4.83. The fraction of sp³-hybridized carbons (Fsp3) is 0.357. The van der Waals surface area contributed by atoms with Gasteiger partial charge in [-0.2, -0.15) is 0 Å². The lowest BCUT2D eigenvalue weighted by Gasteiger charge is -2.33. The number of nitrogens with zero attached hydrogens (tertiary/aromatic N) is 5. The molecular weight excluding hydrogens is 525 g/mol. The molecule has 0 radical (unpaired) electrons. The number of rotatable bonds is 4. The van der Waals surface area contributed by atoms with Crippen LogP contribution in [0.2, 0.25) is 10.0 Å². The van der Waals surface area contributed by atoms with E-state index in [0.717, 1.165) is 24.0 Å². The molecule has 0 unspecified atom stereocenters. The van der Waals surface area contributed by atoms with Gasteiger partial charge in [-0.3, -0.25) is 4.79 Å². The van der Waals surface area contributed by atoms with Gasteiger partial charge in [0.15, 0.2) is 5.65 Å². The minimum atomic E-state index is -0.537. The Kier molecular flexibility index (Phi) is 7.20. The minimum absolute atomic E-state index is 0.154. The summed E-state index contributed by atoms with van der Waals surface area (Å²) >= 11 is 12.3. The molecule has 3 heterocycles. The van der Waals surface area contributed by atoms with Gasteiger partial charge >= 0.3 is 6.09 Å². The summed E-state index contributed by atoms with van der Waals surface area (Å²) in [5, 5.41) is 9.75. The van der Waals surface area contributed by atoms with E-state index in [2.05, 4.69) is 10.2 Å². The predicted molar refractivity (Wildman–Crippen MR) is 149 cm³/mol. The number of benzene rings is 2. The number of carbonyl (C=O) groups is 1. The van der Waals surface area contributed by atoms with Crippen LogP contribution >= 0.6 is 23.2 Å². The summed E-state index contributed by atoms with van der Waals surface area (Å²) in [5.74, 6) is 0.191. The van der Waals surface area contributed by atoms with Gasteiger partial charge < -0.3 is 9.64 Å². The predicted octanol–water partition coefficient (Wildman–Crippen LogP) is 6.18. The third-order valence-corrected chi connectivity index (χ3v) is 7.18. The standard InChI is InChI=1S/C28H29Cl2N5O3/c1-28(2,3)38-27(37)33-14-12-18(13-15-33)16-34-26(36)24(20-6-10-22(30)11-7-20)23(25-32-31-17-35(25)34)19-4-8-21(29)9-5-19/h4-11,17-18H,12-16H2,1-3H3. The molecule has 10 heteroatoms. The Hall–Kier alpha value is -3.36. The Morgan fingerprint density at radius 3 is 2.05 bits per heavy atom. The molecule has 0 N–H and O–H groups in total. The molecule has 198 valence electrons. The van der Waals surface area contributed by atoms with Crippen LogP contribution in [0, 0.1) is 5.92 Å². The van der Waals surface area contributed by atoms with Crippen molar-refractivity contribution in [1.82, 2.24) is 24.3 Å². The van der Waals surface area contributed by atoms with Gasteiger partial charge in [-0.15, -0.1) is 10.2 Å². The van der Waals surface area contributed by atoms with Crippen LogP contribution in [-0.2, 0) is 11.3 Å². The third-order valence-electron chi connectivity index (χ3n) is 6.68. The van der Waals surface area contributed by atoms with Crippen molar-refractivity contribution in [1.29, 1.82) is 0 Å². The van der Waals surface area contributed by atoms with Crippen LogP contribution in [0.15, 0.2) is 59.7 Å². The number of fused-ring (bicyclic) bond motifs is 1. The molecule has 1 aliphatic rings. The summed E-state index contributed by atoms with van der Waals surface area (Å²) in [7, 11) is 0. The average molecular weight is 554 g/mol. The summed E-state index contributed by atoms with van der Waals surface area (Å²) in [6.45, 7) is 7.21. The number of halogens is 2. The second-order valence-corrected chi connectivity index (χ2v) is 11.4. The van der Waals surface area contributed by atoms with Crippen LogP contribution in [0.5, 0.6) is 0 Å². The highest BCUT2D eigenvalue weighted by Crippen LogP contribution is 2.34. The van der Waals surface area contributed by atoms with Crippen molar-refractivity contribution in [2.75, 3.05) is 13.1 Å². The average Bonchev–Trinajstić information content (AvgIpc) is 3.36. The number of carbonyl (C=O) groups excluding carboxylic acids is 1. The topological polar surface area (TPSA) is 81.7 Å². The number of aromatic nitrogens is 4. The largest absolute Gasteiger partial charge is 0.444 e. The molecule has 1 saturated heterocycles. The number of hydrogen-bond acceptors (Lipinski definition) is 5. The molecule has 0 saturated carbocycles. The van der Waals surface area contributed by atoms with Gasteiger partial charge in [-0.05, 0) is 74.9 Å². The van der Waals surface area contributed by atoms with Crippen molar-refractivity contribution < 1.29 is 9.53 Å². The van der Waals surface area contributed by atoms with Gasteiger partial charge in [0.1, 0.15) is 11.9 Å². The molecule has 38 heavy (non-hydrogen) atoms. The highest BCUT2D eigenvalue weighted by Gasteiger charge is 2.29. The maximum absolute atomic E-state index is 14.2. The lowest BCUT2D eigenvalue weighted by molar-refractivity contribution is 0.0176. The second kappa shape index (κ2) is 10.4. The summed E-state index contributed by atoms with van der Waals surface area (Å²) in [6.07, 6.45) is 2.78. The lowest BCUT2D eigenvalue weighted by Crippen LogP contribution is -2.43. The molecule has 1 aliphatic heterocycles. The Balaban J connectivity index is 1.53. The van der Waals surface area contributed by atoms with E-state index in [-0.39, 0.29) is 17.6 Å². The molecular formula is C28H29Cl2N5O3. The SMILES string of the molecule is CC(C)(C)OC(=O)N1CCC(Cn2c(=O)c(-c3ccc(Cl)cc3)c(-c3ccc(Cl)cc3)c3nncn32)CC1. The summed E-state index contributed by atoms with van der Waals surface area (Å²) < 4.78 is 8.96. The number of piperidine rings is 1. The molecule has 2 aromatic heterocycles. The van der Waals surface area contributed by atoms with Crippen molar-refractivity contribution in [3.05, 3.63) is 75.3 Å². The Labute approximate surface area is 230 Å². The van der Waals surface area contributed by atoms with E-state index in [0.29, 0.717) is 46.5 Å². The van der Waals surface area contributed by atoms with Crippen molar-refractivity contribution in [2.45, 2.75) is 45.8 Å². The molecule has 0 aliphatic carbocycles. The van der Waals surface area contributed by atoms with E-state index in [1.165, 1.54) is 0 Å². The van der Waals surface area contributed by atoms with Crippen molar-refractivity contribution >= 4 is 34.9 Å². The maximum atomic E-state index is 14.2. The van der Waals surface area contributed by atoms with Crippen LogP contribution in [0.25, 0.3) is 27.9 Å². The van der Waals surface area contributed by atoms with E-state index in [9.17, 15) is 9.59 Å². The zero-order chi connectivity index (χ0) is 27.0. The van der Waals surface area contributed by atoms with Gasteiger partial charge in [0, 0.05) is 35.2 Å². The molecule has 0 spiro atoms. The number of amides is 1. The molecule has 0 bridgehead atoms. The minimum Gasteiger partial charge on any atom is -0.444 e. The van der Waals surface area contributed by atoms with E-state index in [1.807, 2.05) is 45.0 Å². The molecule has 0 atom stereocenters. The maximum Gasteiger partial charge on any atom is 0.410 e. The summed E-state index contributed by atoms with van der Waals surface area (Å²) in [4.78, 5) is 28.4. The highest BCUT2D eigenvalue weighted by atomic mass is 35.5. The first-order valence-corrected chi connectivity index (χ1v) is 13.3. The van der Waals surface area contributed by atoms with E-state index in [1.54, 1.807) is 44.7 Å². The first-order valence-electron chi connectivity index (χ1n) is 12.6. The first-order chi connectivity index (χ1) is 18.1. The Bertz CT molecular complexity index is 1510. The molecule has 2 aromatic carbocycles. The van der Waals surface area contributed by atoms with Crippen LogP contribution in [-0.4, -0.2) is 49.1 Å². The summed E-state index contributed by atoms with van der Waals surface area (Å²) in [6, 6.07) is 14.6. The number of hydrogen-bond donors (Lipinski definition) is 0. The monoisotopic (exact) mass is 553 g/mol. The van der Waals surface area contributed by atoms with Crippen molar-refractivity contribution in [2.24, 2.45) is 5.92 Å². The fourth-order valence-corrected chi connectivity index (χ4v) is 5.08. The lowest BCUT2D eigenvalue weighted by atomic mass is 9.95. The normalized spacial score (nSPS) is 14.7. The van der Waals surface area contributed by atoms with Crippen LogP contribution < -0.4 is 5.56 Å². The quantitative estimate of drug-likeness (QED) is 0.301. The molecule has 8 nitrogen and oxygen atoms in total. The molecule has 5 rings (SSSR count). The van der Waals surface area contributed by atoms with Crippen LogP contribution in [0.3, 0.4) is 0 Å². The number of ether oxygens (including phenoxy) is 1. The van der Waals surface area contributed by atoms with E-state index < -0.39 is 5.60 Å². The van der Waals surface area contributed by atoms with E-state index >= 15 is 0 Å².